The van der Waals surface area contributed by atoms with Gasteiger partial charge in [0, 0.05) is 12.8 Å². The molecule has 0 fully saturated rings. The van der Waals surface area contributed by atoms with Gasteiger partial charge < -0.3 is 24.6 Å². The molecule has 0 aromatic heterocycles. The second kappa shape index (κ2) is 46.0. The normalized spacial score (nSPS) is 13.6. The summed E-state index contributed by atoms with van der Waals surface area (Å²) in [4.78, 5) is 35.1. The summed E-state index contributed by atoms with van der Waals surface area (Å²) in [5.41, 5.74) is 0. The van der Waals surface area contributed by atoms with E-state index in [9.17, 15) is 24.2 Å². The SMILES string of the molecule is CCCCCCCCCCCCCCCCCCCCCCCCCCC(=O)OC(COC(=O)CCCCCCCCCCCCCCC)COP(=O)(O)OCC(O)CO. The Morgan fingerprint density at radius 2 is 0.717 bits per heavy atom. The molecule has 0 aliphatic carbocycles. The van der Waals surface area contributed by atoms with E-state index >= 15 is 0 Å². The number of unbranched alkanes of at least 4 members (excludes halogenated alkanes) is 35. The number of phosphoric ester groups is 1. The van der Waals surface area contributed by atoms with E-state index in [0.717, 1.165) is 32.1 Å². The van der Waals surface area contributed by atoms with Crippen molar-refractivity contribution >= 4 is 19.8 Å². The van der Waals surface area contributed by atoms with Gasteiger partial charge in [0.05, 0.1) is 19.8 Å². The van der Waals surface area contributed by atoms with Gasteiger partial charge in [-0.05, 0) is 12.8 Å². The number of carbonyl (C=O) groups is 2. The van der Waals surface area contributed by atoms with Gasteiger partial charge in [0.2, 0.25) is 0 Å². The van der Waals surface area contributed by atoms with Crippen molar-refractivity contribution in [2.45, 2.75) is 276 Å². The summed E-state index contributed by atoms with van der Waals surface area (Å²) in [5.74, 6) is -0.905. The van der Waals surface area contributed by atoms with Crippen molar-refractivity contribution in [3.8, 4) is 0 Å². The Hall–Kier alpha value is -1.03. The van der Waals surface area contributed by atoms with Gasteiger partial charge in [-0.2, -0.15) is 0 Å². The highest BCUT2D eigenvalue weighted by Crippen LogP contribution is 2.43. The predicted molar refractivity (Wildman–Crippen MR) is 247 cm³/mol. The van der Waals surface area contributed by atoms with E-state index in [0.29, 0.717) is 12.8 Å². The van der Waals surface area contributed by atoms with Crippen molar-refractivity contribution in [3.05, 3.63) is 0 Å². The molecule has 60 heavy (non-hydrogen) atoms. The Morgan fingerprint density at radius 1 is 0.433 bits per heavy atom. The number of esters is 2. The molecule has 0 spiro atoms. The lowest BCUT2D eigenvalue weighted by Crippen LogP contribution is -2.29. The molecule has 0 radical (unpaired) electrons. The Labute approximate surface area is 369 Å². The number of carbonyl (C=O) groups excluding carboxylic acids is 2. The highest BCUT2D eigenvalue weighted by molar-refractivity contribution is 7.47. The second-order valence-corrected chi connectivity index (χ2v) is 19.0. The monoisotopic (exact) mass is 877 g/mol. The van der Waals surface area contributed by atoms with E-state index in [4.69, 9.17) is 23.6 Å². The summed E-state index contributed by atoms with van der Waals surface area (Å²) >= 11 is 0. The Morgan fingerprint density at radius 3 is 1.03 bits per heavy atom. The summed E-state index contributed by atoms with van der Waals surface area (Å²) < 4.78 is 32.8. The van der Waals surface area contributed by atoms with Crippen molar-refractivity contribution < 1.29 is 47.8 Å². The first-order chi connectivity index (χ1) is 29.2. The van der Waals surface area contributed by atoms with Crippen LogP contribution in [0.3, 0.4) is 0 Å². The van der Waals surface area contributed by atoms with Gasteiger partial charge in [-0.3, -0.25) is 18.6 Å². The van der Waals surface area contributed by atoms with Gasteiger partial charge in [0.1, 0.15) is 12.7 Å². The predicted octanol–water partition coefficient (Wildman–Crippen LogP) is 14.2. The summed E-state index contributed by atoms with van der Waals surface area (Å²) in [7, 11) is -4.61. The molecule has 3 N–H and O–H groups in total. The number of aliphatic hydroxyl groups excluding tert-OH is 2. The minimum absolute atomic E-state index is 0.193. The van der Waals surface area contributed by atoms with Gasteiger partial charge >= 0.3 is 19.8 Å². The van der Waals surface area contributed by atoms with Crippen LogP contribution in [0.15, 0.2) is 0 Å². The van der Waals surface area contributed by atoms with Crippen molar-refractivity contribution in [3.63, 3.8) is 0 Å². The van der Waals surface area contributed by atoms with Crippen molar-refractivity contribution in [2.75, 3.05) is 26.4 Å². The van der Waals surface area contributed by atoms with Gasteiger partial charge in [-0.1, -0.05) is 239 Å². The van der Waals surface area contributed by atoms with Crippen LogP contribution >= 0.6 is 7.82 Å². The third-order valence-electron chi connectivity index (χ3n) is 11.5. The molecule has 0 aromatic carbocycles. The number of hydrogen-bond donors (Lipinski definition) is 3. The zero-order valence-corrected chi connectivity index (χ0v) is 40.1. The molecule has 0 aliphatic heterocycles. The van der Waals surface area contributed by atoms with Crippen LogP contribution in [0.2, 0.25) is 0 Å². The van der Waals surface area contributed by atoms with Gasteiger partial charge in [0.15, 0.2) is 6.10 Å². The lowest BCUT2D eigenvalue weighted by Gasteiger charge is -2.20. The quantitative estimate of drug-likeness (QED) is 0.0306. The summed E-state index contributed by atoms with van der Waals surface area (Å²) in [5, 5.41) is 18.4. The lowest BCUT2D eigenvalue weighted by molar-refractivity contribution is -0.161. The maximum atomic E-state index is 12.7. The lowest BCUT2D eigenvalue weighted by atomic mass is 10.0. The minimum atomic E-state index is -4.61. The fourth-order valence-electron chi connectivity index (χ4n) is 7.59. The van der Waals surface area contributed by atoms with Crippen LogP contribution < -0.4 is 0 Å². The van der Waals surface area contributed by atoms with Gasteiger partial charge in [-0.15, -0.1) is 0 Å². The van der Waals surface area contributed by atoms with E-state index in [2.05, 4.69) is 13.8 Å². The van der Waals surface area contributed by atoms with Crippen molar-refractivity contribution in [1.82, 2.24) is 0 Å². The van der Waals surface area contributed by atoms with Crippen LogP contribution in [0.25, 0.3) is 0 Å². The summed E-state index contributed by atoms with van der Waals surface area (Å²) in [6, 6.07) is 0. The highest BCUT2D eigenvalue weighted by Gasteiger charge is 2.27. The number of ether oxygens (including phenoxy) is 2. The van der Waals surface area contributed by atoms with Crippen LogP contribution in [0.4, 0.5) is 0 Å². The maximum Gasteiger partial charge on any atom is 0.472 e. The summed E-state index contributed by atoms with van der Waals surface area (Å²) in [6.45, 7) is 2.44. The van der Waals surface area contributed by atoms with Crippen LogP contribution in [-0.4, -0.2) is 65.7 Å². The van der Waals surface area contributed by atoms with Gasteiger partial charge in [0.25, 0.3) is 0 Å². The third kappa shape index (κ3) is 45.0. The molecule has 11 heteroatoms. The fraction of sp³-hybridized carbons (Fsp3) is 0.959. The molecule has 0 heterocycles. The standard InChI is InChI=1S/C49H97O10P/c1-3-5-7-9-11-13-15-17-18-19-20-21-22-23-24-25-26-27-29-31-33-35-37-39-41-49(53)59-47(45-58-60(54,55)57-43-46(51)42-50)44-56-48(52)40-38-36-34-32-30-28-16-14-12-10-8-6-4-2/h46-47,50-51H,3-45H2,1-2H3,(H,54,55). The molecule has 0 aromatic rings. The average Bonchev–Trinajstić information content (AvgIpc) is 3.24. The molecular weight excluding hydrogens is 780 g/mol. The minimum Gasteiger partial charge on any atom is -0.462 e. The Kier molecular flexibility index (Phi) is 45.2. The molecule has 10 nitrogen and oxygen atoms in total. The molecule has 3 atom stereocenters. The second-order valence-electron chi connectivity index (χ2n) is 17.6. The number of aliphatic hydroxyl groups is 2. The van der Waals surface area contributed by atoms with Crippen LogP contribution in [0.5, 0.6) is 0 Å². The fourth-order valence-corrected chi connectivity index (χ4v) is 8.37. The van der Waals surface area contributed by atoms with E-state index in [-0.39, 0.29) is 19.4 Å². The first-order valence-electron chi connectivity index (χ1n) is 25.5. The molecule has 0 bridgehead atoms. The van der Waals surface area contributed by atoms with Crippen LogP contribution in [0.1, 0.15) is 264 Å². The molecule has 0 saturated carbocycles. The molecule has 0 aliphatic rings. The Bertz CT molecular complexity index is 966. The first-order valence-corrected chi connectivity index (χ1v) is 27.0. The maximum absolute atomic E-state index is 12.7. The number of hydrogen-bond acceptors (Lipinski definition) is 9. The zero-order chi connectivity index (χ0) is 44.0. The molecule has 0 amide bonds. The summed E-state index contributed by atoms with van der Waals surface area (Å²) in [6.07, 6.45) is 45.1. The highest BCUT2D eigenvalue weighted by atomic mass is 31.2. The molecule has 0 saturated heterocycles. The smallest absolute Gasteiger partial charge is 0.462 e. The third-order valence-corrected chi connectivity index (χ3v) is 12.5. The van der Waals surface area contributed by atoms with E-state index < -0.39 is 51.8 Å². The largest absolute Gasteiger partial charge is 0.472 e. The van der Waals surface area contributed by atoms with E-state index in [1.807, 2.05) is 0 Å². The molecule has 3 unspecified atom stereocenters. The van der Waals surface area contributed by atoms with Crippen molar-refractivity contribution in [1.29, 1.82) is 0 Å². The first kappa shape index (κ1) is 59.0. The van der Waals surface area contributed by atoms with Crippen molar-refractivity contribution in [2.24, 2.45) is 0 Å². The van der Waals surface area contributed by atoms with Gasteiger partial charge in [-0.25, -0.2) is 4.57 Å². The molecule has 0 rings (SSSR count). The molecular formula is C49H97O10P. The van der Waals surface area contributed by atoms with Crippen LogP contribution in [0, 0.1) is 0 Å². The zero-order valence-electron chi connectivity index (χ0n) is 39.2. The average molecular weight is 877 g/mol. The van der Waals surface area contributed by atoms with E-state index in [1.165, 1.54) is 193 Å². The Balaban J connectivity index is 4.07. The number of rotatable bonds is 49. The topological polar surface area (TPSA) is 149 Å². The number of phosphoric acid groups is 1. The van der Waals surface area contributed by atoms with Crippen LogP contribution in [-0.2, 0) is 32.7 Å². The van der Waals surface area contributed by atoms with E-state index in [1.54, 1.807) is 0 Å². The molecule has 358 valence electrons.